The van der Waals surface area contributed by atoms with Crippen molar-refractivity contribution in [1.82, 2.24) is 0 Å². The molecule has 86 heavy (non-hydrogen) atoms. The lowest BCUT2D eigenvalue weighted by molar-refractivity contribution is -0.561. The van der Waals surface area contributed by atoms with Gasteiger partial charge in [-0.1, -0.05) is 0 Å². The van der Waals surface area contributed by atoms with E-state index in [1.54, 1.807) is 4.74 Å². The molecule has 0 unspecified atom stereocenters. The van der Waals surface area contributed by atoms with Crippen LogP contribution in [0, 0.1) is 0 Å². The largest absolute Gasteiger partial charge is 0.542 e. The van der Waals surface area contributed by atoms with Gasteiger partial charge in [-0.05, 0) is 0 Å². The molecule has 0 aromatic carbocycles. The van der Waals surface area contributed by atoms with E-state index in [9.17, 15) is 237 Å². The standard InChI is InChI=1S/C28F54O4/c29-1(30)3(33)83-24(73,74)22(69,70)20(65,66)18(61,62)16(57,58)14(53,54)12(49,50)10(45,46)8(41,42)6(37,38)5(35,36)7(39,40)9(43,44)11(47,48)13(51,52)15(55,56)17(59,60)19(63,64)21(67,68)23(71,72)25(75,76)85-26(77,78)27(79,80)86-28(81,82)84-4(34)2(31)32. The van der Waals surface area contributed by atoms with Gasteiger partial charge in [-0.25, -0.2) is 9.47 Å². The van der Waals surface area contributed by atoms with Crippen molar-refractivity contribution < 1.29 is 256 Å². The number of halogens is 54. The third-order valence-corrected chi connectivity index (χ3v) is 9.39. The molecule has 0 amide bonds. The molecule has 0 aliphatic rings. The van der Waals surface area contributed by atoms with Crippen LogP contribution < -0.4 is 0 Å². The van der Waals surface area contributed by atoms with Crippen molar-refractivity contribution in [3.8, 4) is 0 Å². The molecule has 0 saturated heterocycles. The van der Waals surface area contributed by atoms with E-state index >= 15 is 0 Å². The van der Waals surface area contributed by atoms with Crippen LogP contribution in [-0.4, -0.2) is 143 Å². The maximum Gasteiger partial charge on any atom is 0.542 e. The summed E-state index contributed by atoms with van der Waals surface area (Å²) in [5.74, 6) is -202. The molecule has 0 aromatic heterocycles. The van der Waals surface area contributed by atoms with E-state index in [2.05, 4.69) is 0 Å². The second-order valence-electron chi connectivity index (χ2n) is 14.9. The van der Waals surface area contributed by atoms with Crippen LogP contribution in [0.3, 0.4) is 0 Å². The SMILES string of the molecule is FC(F)=C(F)OC(F)(F)OC(F)(F)C(F)(F)OC(F)(F)C(F)(F)C(F)(F)C(F)(F)C(F)(F)C(F)(F)C(F)(F)C(F)(F)C(F)(F)C(F)(F)C(F)(F)C(F)(F)C(F)(F)C(F)(F)C(F)(F)C(F)(F)C(F)(F)C(F)(F)C(F)(F)C(F)(F)C(F)(F)OC(F)=C(F)F. The normalized spacial score (nSPS) is 16.6. The van der Waals surface area contributed by atoms with Crippen LogP contribution in [-0.2, 0) is 18.9 Å². The molecule has 0 saturated carbocycles. The Labute approximate surface area is 425 Å². The second kappa shape index (κ2) is 20.9. The summed E-state index contributed by atoms with van der Waals surface area (Å²) in [7, 11) is 0. The van der Waals surface area contributed by atoms with Gasteiger partial charge < -0.3 is 9.47 Å². The molecule has 0 rings (SSSR count). The van der Waals surface area contributed by atoms with E-state index < -0.39 is 167 Å². The lowest BCUT2D eigenvalue weighted by Crippen LogP contribution is -2.81. The highest BCUT2D eigenvalue weighted by molar-refractivity contribution is 5.24. The first-order valence-corrected chi connectivity index (χ1v) is 17.6. The van der Waals surface area contributed by atoms with E-state index in [4.69, 9.17) is 0 Å². The number of alkyl halides is 48. The smallest absolute Gasteiger partial charge is 0.397 e. The first-order valence-electron chi connectivity index (χ1n) is 17.6. The minimum atomic E-state index is -11.0. The fourth-order valence-corrected chi connectivity index (χ4v) is 4.59. The lowest BCUT2D eigenvalue weighted by atomic mass is 9.81. The summed E-state index contributed by atoms with van der Waals surface area (Å²) in [4.78, 5) is 0. The zero-order valence-corrected chi connectivity index (χ0v) is 36.0. The summed E-state index contributed by atoms with van der Waals surface area (Å²) in [5.41, 5.74) is 0. The van der Waals surface area contributed by atoms with Crippen LogP contribution >= 0.6 is 0 Å². The number of ether oxygens (including phenoxy) is 4. The highest BCUT2D eigenvalue weighted by Gasteiger charge is 3.04. The van der Waals surface area contributed by atoms with Gasteiger partial charge in [-0.2, -0.15) is 228 Å². The molecule has 0 atom stereocenters. The molecule has 514 valence electrons. The summed E-state index contributed by atoms with van der Waals surface area (Å²) in [5, 5.41) is 0. The van der Waals surface area contributed by atoms with Crippen LogP contribution in [0.1, 0.15) is 0 Å². The number of rotatable bonds is 29. The summed E-state index contributed by atoms with van der Waals surface area (Å²) in [6, 6.07) is -9.09. The monoisotopic (exact) mass is 1430 g/mol. The van der Waals surface area contributed by atoms with Crippen molar-refractivity contribution in [2.75, 3.05) is 0 Å². The number of hydrogen-bond donors (Lipinski definition) is 0. The summed E-state index contributed by atoms with van der Waals surface area (Å²) >= 11 is 0. The van der Waals surface area contributed by atoms with Gasteiger partial charge in [-0.3, -0.25) is 0 Å². The molecule has 0 fully saturated rings. The minimum Gasteiger partial charge on any atom is -0.397 e. The summed E-state index contributed by atoms with van der Waals surface area (Å²) in [6.07, 6.45) is -51.6. The Hall–Kier alpha value is -4.78. The van der Waals surface area contributed by atoms with E-state index in [1.165, 1.54) is 9.47 Å². The molecule has 0 N–H and O–H groups in total. The average molecular weight is 1430 g/mol. The summed E-state index contributed by atoms with van der Waals surface area (Å²) < 4.78 is 745. The van der Waals surface area contributed by atoms with Crippen molar-refractivity contribution >= 4 is 0 Å². The highest BCUT2D eigenvalue weighted by Crippen LogP contribution is 2.72. The van der Waals surface area contributed by atoms with Crippen LogP contribution in [0.15, 0.2) is 24.2 Å². The molecular formula is C28F54O4. The molecule has 0 aliphatic carbocycles. The van der Waals surface area contributed by atoms with Crippen LogP contribution in [0.2, 0.25) is 0 Å². The van der Waals surface area contributed by atoms with E-state index in [1.807, 2.05) is 0 Å². The molecule has 4 nitrogen and oxygen atoms in total. The van der Waals surface area contributed by atoms with Crippen LogP contribution in [0.4, 0.5) is 237 Å². The zero-order valence-electron chi connectivity index (χ0n) is 36.0. The van der Waals surface area contributed by atoms with Gasteiger partial charge in [0, 0.05) is 0 Å². The van der Waals surface area contributed by atoms with Gasteiger partial charge in [0.2, 0.25) is 0 Å². The van der Waals surface area contributed by atoms with Gasteiger partial charge in [0.25, 0.3) is 0 Å². The fraction of sp³-hybridized carbons (Fsp3) is 0.857. The Morgan fingerprint density at radius 2 is 0.291 bits per heavy atom. The van der Waals surface area contributed by atoms with Gasteiger partial charge in [0.1, 0.15) is 0 Å². The molecule has 0 aromatic rings. The van der Waals surface area contributed by atoms with Gasteiger partial charge in [0.15, 0.2) is 0 Å². The Morgan fingerprint density at radius 3 is 0.465 bits per heavy atom. The molecule has 58 heteroatoms. The first-order chi connectivity index (χ1) is 36.3. The summed E-state index contributed by atoms with van der Waals surface area (Å²) in [6.45, 7) is 0. The Morgan fingerprint density at radius 1 is 0.151 bits per heavy atom. The van der Waals surface area contributed by atoms with Crippen molar-refractivity contribution in [3.63, 3.8) is 0 Å². The third kappa shape index (κ3) is 10.6. The van der Waals surface area contributed by atoms with E-state index in [0.29, 0.717) is 4.74 Å². The predicted octanol–water partition coefficient (Wildman–Crippen LogP) is 18.1. The van der Waals surface area contributed by atoms with Crippen molar-refractivity contribution in [2.45, 2.75) is 143 Å². The van der Waals surface area contributed by atoms with E-state index in [0.717, 1.165) is 0 Å². The molecular weight excluding hydrogens is 1430 g/mol. The quantitative estimate of drug-likeness (QED) is 0.0425. The van der Waals surface area contributed by atoms with E-state index in [-0.39, 0.29) is 0 Å². The van der Waals surface area contributed by atoms with Gasteiger partial charge >= 0.3 is 167 Å². The lowest BCUT2D eigenvalue weighted by Gasteiger charge is -2.47. The van der Waals surface area contributed by atoms with Crippen molar-refractivity contribution in [3.05, 3.63) is 24.2 Å². The molecule has 0 heterocycles. The Kier molecular flexibility index (Phi) is 19.7. The Balaban J connectivity index is 8.04. The van der Waals surface area contributed by atoms with Crippen molar-refractivity contribution in [1.29, 1.82) is 0 Å². The van der Waals surface area contributed by atoms with Gasteiger partial charge in [0.05, 0.1) is 0 Å². The molecule has 0 spiro atoms. The maximum atomic E-state index is 14.2. The molecule has 0 radical (unpaired) electrons. The predicted molar refractivity (Wildman–Crippen MR) is 144 cm³/mol. The zero-order chi connectivity index (χ0) is 71.1. The Bertz CT molecular complexity index is 2500. The third-order valence-electron chi connectivity index (χ3n) is 9.39. The van der Waals surface area contributed by atoms with Crippen molar-refractivity contribution in [2.24, 2.45) is 0 Å². The fourth-order valence-electron chi connectivity index (χ4n) is 4.59. The van der Waals surface area contributed by atoms with Crippen LogP contribution in [0.25, 0.3) is 0 Å². The molecule has 0 aliphatic heterocycles. The topological polar surface area (TPSA) is 36.9 Å². The van der Waals surface area contributed by atoms with Gasteiger partial charge in [-0.15, -0.1) is 8.78 Å². The highest BCUT2D eigenvalue weighted by atomic mass is 19.4. The second-order valence-corrected chi connectivity index (χ2v) is 14.9. The maximum absolute atomic E-state index is 14.2. The minimum absolute atomic E-state index is 0.640. The average Bonchev–Trinajstić information content (AvgIpc) is 3.26. The van der Waals surface area contributed by atoms with Crippen LogP contribution in [0.5, 0.6) is 0 Å². The number of hydrogen-bond acceptors (Lipinski definition) is 4. The first kappa shape index (κ1) is 81.2. The molecule has 0 bridgehead atoms.